The zero-order chi connectivity index (χ0) is 20.4. The minimum absolute atomic E-state index is 0.0549. The molecule has 10 heteroatoms. The number of benzene rings is 2. The fourth-order valence-corrected chi connectivity index (χ4v) is 2.36. The highest BCUT2D eigenvalue weighted by Crippen LogP contribution is 2.36. The number of hydrogen-bond acceptors (Lipinski definition) is 5. The average molecular weight is 377 g/mol. The van der Waals surface area contributed by atoms with Gasteiger partial charge in [-0.3, -0.25) is 19.7 Å². The van der Waals surface area contributed by atoms with Gasteiger partial charge in [-0.05, 0) is 24.3 Å². The molecule has 138 valence electrons. The van der Waals surface area contributed by atoms with Crippen molar-refractivity contribution in [1.29, 1.82) is 5.26 Å². The number of rotatable bonds is 5. The number of carbonyl (C=O) groups is 2. The summed E-state index contributed by atoms with van der Waals surface area (Å²) in [7, 11) is 0. The van der Waals surface area contributed by atoms with E-state index in [0.29, 0.717) is 6.07 Å². The second kappa shape index (κ2) is 7.25. The number of nitriles is 1. The number of amides is 1. The topological polar surface area (TPSA) is 127 Å². The third-order valence-corrected chi connectivity index (χ3v) is 3.71. The van der Waals surface area contributed by atoms with Crippen LogP contribution in [0.5, 0.6) is 0 Å². The van der Waals surface area contributed by atoms with Crippen LogP contribution in [0.4, 0.5) is 18.9 Å². The zero-order valence-corrected chi connectivity index (χ0v) is 13.4. The molecule has 0 fully saturated rings. The van der Waals surface area contributed by atoms with Crippen LogP contribution in [-0.2, 0) is 6.18 Å². The van der Waals surface area contributed by atoms with Crippen LogP contribution in [-0.4, -0.2) is 16.6 Å². The molecule has 1 unspecified atom stereocenters. The SMILES string of the molecule is N#CC(C(=O)c1ccc(C(N)=O)cc1)c1ccc(C(F)(F)F)cc1[N+](=O)[O-]. The number of nitrogens with two attached hydrogens (primary N) is 1. The quantitative estimate of drug-likeness (QED) is 0.486. The van der Waals surface area contributed by atoms with Crippen LogP contribution < -0.4 is 5.73 Å². The Morgan fingerprint density at radius 2 is 1.67 bits per heavy atom. The van der Waals surface area contributed by atoms with Crippen LogP contribution in [0, 0.1) is 21.4 Å². The summed E-state index contributed by atoms with van der Waals surface area (Å²) < 4.78 is 38.3. The molecule has 1 amide bonds. The Bertz CT molecular complexity index is 963. The third kappa shape index (κ3) is 4.09. The Hall–Kier alpha value is -3.74. The van der Waals surface area contributed by atoms with Crippen LogP contribution in [0.1, 0.15) is 37.8 Å². The van der Waals surface area contributed by atoms with Crippen molar-refractivity contribution in [3.63, 3.8) is 0 Å². The minimum atomic E-state index is -4.82. The van der Waals surface area contributed by atoms with E-state index in [-0.39, 0.29) is 17.2 Å². The van der Waals surface area contributed by atoms with Gasteiger partial charge in [-0.15, -0.1) is 0 Å². The van der Waals surface area contributed by atoms with Crippen molar-refractivity contribution in [2.24, 2.45) is 5.73 Å². The fourth-order valence-electron chi connectivity index (χ4n) is 2.36. The molecule has 0 spiro atoms. The highest BCUT2D eigenvalue weighted by molar-refractivity contribution is 6.04. The highest BCUT2D eigenvalue weighted by Gasteiger charge is 2.35. The van der Waals surface area contributed by atoms with Gasteiger partial charge in [0.05, 0.1) is 22.1 Å². The Kier molecular flexibility index (Phi) is 5.26. The van der Waals surface area contributed by atoms with Crippen LogP contribution in [0.15, 0.2) is 42.5 Å². The lowest BCUT2D eigenvalue weighted by atomic mass is 9.89. The fraction of sp³-hybridized carbons (Fsp3) is 0.118. The molecule has 7 nitrogen and oxygen atoms in total. The van der Waals surface area contributed by atoms with Gasteiger partial charge in [0.2, 0.25) is 5.91 Å². The molecule has 0 saturated heterocycles. The van der Waals surface area contributed by atoms with E-state index in [1.165, 1.54) is 24.3 Å². The predicted molar refractivity (Wildman–Crippen MR) is 85.7 cm³/mol. The maximum atomic E-state index is 12.8. The van der Waals surface area contributed by atoms with Crippen molar-refractivity contribution in [3.8, 4) is 6.07 Å². The molecule has 27 heavy (non-hydrogen) atoms. The van der Waals surface area contributed by atoms with Crippen molar-refractivity contribution in [3.05, 3.63) is 74.8 Å². The summed E-state index contributed by atoms with van der Waals surface area (Å²) in [5, 5.41) is 20.5. The van der Waals surface area contributed by atoms with Gasteiger partial charge in [0.1, 0.15) is 5.92 Å². The van der Waals surface area contributed by atoms with Gasteiger partial charge in [-0.25, -0.2) is 0 Å². The summed E-state index contributed by atoms with van der Waals surface area (Å²) in [4.78, 5) is 33.7. The Labute approximate surface area is 150 Å². The molecule has 2 rings (SSSR count). The standard InChI is InChI=1S/C17H10F3N3O4/c18-17(19,20)11-5-6-12(14(7-11)23(26)27)13(8-21)15(24)9-1-3-10(4-2-9)16(22)25/h1-7,13H,(H2,22,25). The number of nitro benzene ring substituents is 1. The number of carbonyl (C=O) groups excluding carboxylic acids is 2. The molecule has 1 atom stereocenters. The number of nitro groups is 1. The van der Waals surface area contributed by atoms with Crippen molar-refractivity contribution >= 4 is 17.4 Å². The maximum absolute atomic E-state index is 12.8. The lowest BCUT2D eigenvalue weighted by Gasteiger charge is -2.12. The molecule has 2 aromatic carbocycles. The molecule has 0 radical (unpaired) electrons. The molecule has 2 aromatic rings. The smallest absolute Gasteiger partial charge is 0.366 e. The van der Waals surface area contributed by atoms with Crippen LogP contribution in [0.2, 0.25) is 0 Å². The van der Waals surface area contributed by atoms with Gasteiger partial charge < -0.3 is 5.73 Å². The van der Waals surface area contributed by atoms with E-state index in [1.54, 1.807) is 6.07 Å². The summed E-state index contributed by atoms with van der Waals surface area (Å²) >= 11 is 0. The second-order valence-electron chi connectivity index (χ2n) is 5.40. The first kappa shape index (κ1) is 19.6. The van der Waals surface area contributed by atoms with Crippen LogP contribution in [0.25, 0.3) is 0 Å². The summed E-state index contributed by atoms with van der Waals surface area (Å²) in [6.45, 7) is 0. The van der Waals surface area contributed by atoms with Gasteiger partial charge in [-0.2, -0.15) is 18.4 Å². The molecular weight excluding hydrogens is 367 g/mol. The predicted octanol–water partition coefficient (Wildman–Crippen LogP) is 3.20. The molecular formula is C17H10F3N3O4. The lowest BCUT2D eigenvalue weighted by Crippen LogP contribution is -2.15. The van der Waals surface area contributed by atoms with E-state index in [1.807, 2.05) is 0 Å². The van der Waals surface area contributed by atoms with Crippen molar-refractivity contribution in [2.45, 2.75) is 12.1 Å². The first-order valence-corrected chi connectivity index (χ1v) is 7.25. The summed E-state index contributed by atoms with van der Waals surface area (Å²) in [5.74, 6) is -3.31. The molecule has 0 aliphatic rings. The maximum Gasteiger partial charge on any atom is 0.416 e. The first-order chi connectivity index (χ1) is 12.6. The molecule has 2 N–H and O–H groups in total. The van der Waals surface area contributed by atoms with Gasteiger partial charge in [0, 0.05) is 17.2 Å². The summed E-state index contributed by atoms with van der Waals surface area (Å²) in [6.07, 6.45) is -4.82. The second-order valence-corrected chi connectivity index (χ2v) is 5.40. The largest absolute Gasteiger partial charge is 0.416 e. The van der Waals surface area contributed by atoms with E-state index in [2.05, 4.69) is 0 Å². The number of hydrogen-bond donors (Lipinski definition) is 1. The van der Waals surface area contributed by atoms with Crippen LogP contribution >= 0.6 is 0 Å². The van der Waals surface area contributed by atoms with Crippen molar-refractivity contribution in [1.82, 2.24) is 0 Å². The van der Waals surface area contributed by atoms with Crippen LogP contribution in [0.3, 0.4) is 0 Å². The number of alkyl halides is 3. The Balaban J connectivity index is 2.50. The minimum Gasteiger partial charge on any atom is -0.366 e. The Morgan fingerprint density at radius 3 is 2.11 bits per heavy atom. The monoisotopic (exact) mass is 377 g/mol. The van der Waals surface area contributed by atoms with E-state index in [9.17, 15) is 38.1 Å². The van der Waals surface area contributed by atoms with Crippen molar-refractivity contribution in [2.75, 3.05) is 0 Å². The van der Waals surface area contributed by atoms with E-state index >= 15 is 0 Å². The summed E-state index contributed by atoms with van der Waals surface area (Å²) in [6, 6.07) is 8.02. The molecule has 0 aromatic heterocycles. The number of Topliss-reactive ketones (excluding diaryl/α,β-unsaturated/α-hetero) is 1. The molecule has 0 aliphatic carbocycles. The zero-order valence-electron chi connectivity index (χ0n) is 13.4. The highest BCUT2D eigenvalue weighted by atomic mass is 19.4. The number of ketones is 1. The molecule has 0 aliphatic heterocycles. The van der Waals surface area contributed by atoms with Gasteiger partial charge >= 0.3 is 6.18 Å². The number of primary amides is 1. The van der Waals surface area contributed by atoms with Gasteiger partial charge in [0.15, 0.2) is 5.78 Å². The van der Waals surface area contributed by atoms with E-state index < -0.39 is 45.5 Å². The lowest BCUT2D eigenvalue weighted by molar-refractivity contribution is -0.385. The number of halogens is 3. The molecule has 0 saturated carbocycles. The third-order valence-electron chi connectivity index (χ3n) is 3.71. The van der Waals surface area contributed by atoms with E-state index in [0.717, 1.165) is 6.07 Å². The normalized spacial score (nSPS) is 12.1. The summed E-state index contributed by atoms with van der Waals surface area (Å²) in [5.41, 5.74) is 2.40. The molecule has 0 heterocycles. The van der Waals surface area contributed by atoms with E-state index in [4.69, 9.17) is 5.73 Å². The average Bonchev–Trinajstić information content (AvgIpc) is 2.61. The van der Waals surface area contributed by atoms with Gasteiger partial charge in [-0.1, -0.05) is 12.1 Å². The first-order valence-electron chi connectivity index (χ1n) is 7.25. The van der Waals surface area contributed by atoms with Crippen molar-refractivity contribution < 1.29 is 27.7 Å². The van der Waals surface area contributed by atoms with Gasteiger partial charge in [0.25, 0.3) is 5.69 Å². The molecule has 0 bridgehead atoms. The number of nitrogens with zero attached hydrogens (tertiary/aromatic N) is 2. The Morgan fingerprint density at radius 1 is 1.11 bits per heavy atom.